The summed E-state index contributed by atoms with van der Waals surface area (Å²) < 4.78 is 10.5. The number of amides is 1. The number of hydrogen-bond donors (Lipinski definition) is 1. The van der Waals surface area contributed by atoms with Gasteiger partial charge in [-0.05, 0) is 47.7 Å². The molecule has 140 valence electrons. The molecule has 0 radical (unpaired) electrons. The first-order valence-electron chi connectivity index (χ1n) is 8.16. The Balaban J connectivity index is 2.11. The average Bonchev–Trinajstić information content (AvgIpc) is 2.67. The van der Waals surface area contributed by atoms with Crippen molar-refractivity contribution in [3.8, 4) is 17.6 Å². The molecule has 2 rings (SSSR count). The van der Waals surface area contributed by atoms with E-state index < -0.39 is 0 Å². The number of thioether (sulfide) groups is 1. The molecule has 2 aromatic rings. The highest BCUT2D eigenvalue weighted by atomic mass is 35.5. The van der Waals surface area contributed by atoms with Gasteiger partial charge in [-0.3, -0.25) is 4.79 Å². The molecule has 0 saturated carbocycles. The topological polar surface area (TPSA) is 71.3 Å². The Morgan fingerprint density at radius 3 is 2.81 bits per heavy atom. The number of benzene rings is 2. The highest BCUT2D eigenvalue weighted by Crippen LogP contribution is 2.30. The van der Waals surface area contributed by atoms with E-state index in [1.165, 1.54) is 13.2 Å². The van der Waals surface area contributed by atoms with Gasteiger partial charge in [0.2, 0.25) is 5.91 Å². The molecule has 0 aliphatic heterocycles. The first-order chi connectivity index (χ1) is 13.1. The van der Waals surface area contributed by atoms with Crippen LogP contribution in [0.4, 0.5) is 5.69 Å². The summed E-state index contributed by atoms with van der Waals surface area (Å²) in [4.78, 5) is 13.2. The first kappa shape index (κ1) is 20.7. The van der Waals surface area contributed by atoms with Crippen molar-refractivity contribution in [2.75, 3.05) is 24.8 Å². The molecule has 1 N–H and O–H groups in total. The molecule has 0 aliphatic carbocycles. The van der Waals surface area contributed by atoms with Gasteiger partial charge in [-0.1, -0.05) is 24.6 Å². The van der Waals surface area contributed by atoms with Crippen LogP contribution in [0.15, 0.2) is 47.4 Å². The standard InChI is InChI=1S/C20H19ClN2O3S/c1-3-27-19-8-6-15(21)13-16(19)23-20(24)9-5-14-4-7-17(26-11-10-22)18(12-14)25-2/h4-9,12-13H,3,11H2,1-2H3,(H,23,24)/b9-5+. The van der Waals surface area contributed by atoms with Crippen molar-refractivity contribution in [2.24, 2.45) is 0 Å². The molecule has 1 amide bonds. The lowest BCUT2D eigenvalue weighted by atomic mass is 10.2. The van der Waals surface area contributed by atoms with E-state index >= 15 is 0 Å². The van der Waals surface area contributed by atoms with E-state index in [0.29, 0.717) is 22.2 Å². The fourth-order valence-electron chi connectivity index (χ4n) is 2.24. The Morgan fingerprint density at radius 1 is 1.30 bits per heavy atom. The molecule has 7 heteroatoms. The van der Waals surface area contributed by atoms with Gasteiger partial charge in [-0.25, -0.2) is 0 Å². The number of anilines is 1. The third-order valence-corrected chi connectivity index (χ3v) is 4.60. The molecular weight excluding hydrogens is 384 g/mol. The highest BCUT2D eigenvalue weighted by Gasteiger charge is 2.07. The van der Waals surface area contributed by atoms with Gasteiger partial charge in [0, 0.05) is 16.0 Å². The van der Waals surface area contributed by atoms with Crippen LogP contribution in [-0.4, -0.2) is 25.4 Å². The van der Waals surface area contributed by atoms with Gasteiger partial charge in [-0.15, -0.1) is 11.8 Å². The maximum absolute atomic E-state index is 12.3. The predicted octanol–water partition coefficient (Wildman–Crippen LogP) is 5.01. The van der Waals surface area contributed by atoms with E-state index in [1.807, 2.05) is 19.1 Å². The summed E-state index contributed by atoms with van der Waals surface area (Å²) in [7, 11) is 1.51. The number of nitriles is 1. The van der Waals surface area contributed by atoms with Gasteiger partial charge in [0.15, 0.2) is 18.1 Å². The van der Waals surface area contributed by atoms with Crippen LogP contribution in [0.1, 0.15) is 12.5 Å². The summed E-state index contributed by atoms with van der Waals surface area (Å²) in [5, 5.41) is 12.0. The molecule has 0 fully saturated rings. The molecule has 0 atom stereocenters. The van der Waals surface area contributed by atoms with Crippen molar-refractivity contribution < 1.29 is 14.3 Å². The Morgan fingerprint density at radius 2 is 2.11 bits per heavy atom. The summed E-state index contributed by atoms with van der Waals surface area (Å²) in [5.41, 5.74) is 1.45. The van der Waals surface area contributed by atoms with E-state index in [1.54, 1.807) is 48.2 Å². The summed E-state index contributed by atoms with van der Waals surface area (Å²) in [6, 6.07) is 12.5. The number of ether oxygens (including phenoxy) is 2. The second-order valence-corrected chi connectivity index (χ2v) is 7.00. The summed E-state index contributed by atoms with van der Waals surface area (Å²) in [6.07, 6.45) is 3.11. The third kappa shape index (κ3) is 6.24. The van der Waals surface area contributed by atoms with Crippen LogP contribution in [0.2, 0.25) is 5.02 Å². The molecule has 5 nitrogen and oxygen atoms in total. The number of carbonyl (C=O) groups excluding carboxylic acids is 1. The maximum Gasteiger partial charge on any atom is 0.248 e. The lowest BCUT2D eigenvalue weighted by Gasteiger charge is -2.10. The van der Waals surface area contributed by atoms with Gasteiger partial charge >= 0.3 is 0 Å². The Kier molecular flexibility index (Phi) is 8.05. The first-order valence-corrected chi connectivity index (χ1v) is 9.53. The quantitative estimate of drug-likeness (QED) is 0.496. The van der Waals surface area contributed by atoms with Crippen LogP contribution >= 0.6 is 23.4 Å². The van der Waals surface area contributed by atoms with Gasteiger partial charge in [0.1, 0.15) is 6.07 Å². The Bertz CT molecular complexity index is 878. The van der Waals surface area contributed by atoms with Crippen LogP contribution in [-0.2, 0) is 4.79 Å². The van der Waals surface area contributed by atoms with Gasteiger partial charge in [0.25, 0.3) is 0 Å². The van der Waals surface area contributed by atoms with E-state index in [0.717, 1.165) is 16.2 Å². The van der Waals surface area contributed by atoms with Gasteiger partial charge in [0.05, 0.1) is 12.8 Å². The maximum atomic E-state index is 12.3. The minimum absolute atomic E-state index is 0.0638. The van der Waals surface area contributed by atoms with Crippen molar-refractivity contribution in [3.05, 3.63) is 53.1 Å². The second kappa shape index (κ2) is 10.5. The lowest BCUT2D eigenvalue weighted by molar-refractivity contribution is -0.111. The molecule has 0 saturated heterocycles. The van der Waals surface area contributed by atoms with Crippen LogP contribution in [0.25, 0.3) is 6.08 Å². The third-order valence-electron chi connectivity index (χ3n) is 3.41. The molecule has 2 aromatic carbocycles. The highest BCUT2D eigenvalue weighted by molar-refractivity contribution is 7.99. The van der Waals surface area contributed by atoms with Crippen molar-refractivity contribution in [1.29, 1.82) is 5.26 Å². The SMILES string of the molecule is CCSc1ccc(Cl)cc1NC(=O)/C=C/c1ccc(OCC#N)c(OC)c1. The van der Waals surface area contributed by atoms with Gasteiger partial charge in [-0.2, -0.15) is 5.26 Å². The molecule has 0 heterocycles. The number of nitrogens with zero attached hydrogens (tertiary/aromatic N) is 1. The number of carbonyl (C=O) groups is 1. The zero-order valence-electron chi connectivity index (χ0n) is 15.0. The number of halogens is 1. The van der Waals surface area contributed by atoms with Crippen LogP contribution < -0.4 is 14.8 Å². The minimum atomic E-state index is -0.265. The van der Waals surface area contributed by atoms with Crippen LogP contribution in [0.5, 0.6) is 11.5 Å². The number of rotatable bonds is 8. The zero-order chi connectivity index (χ0) is 19.6. The van der Waals surface area contributed by atoms with Gasteiger partial charge < -0.3 is 14.8 Å². The average molecular weight is 403 g/mol. The van der Waals surface area contributed by atoms with Crippen molar-refractivity contribution in [2.45, 2.75) is 11.8 Å². The second-order valence-electron chi connectivity index (χ2n) is 5.25. The summed E-state index contributed by atoms with van der Waals surface area (Å²) >= 11 is 7.66. The van der Waals surface area contributed by atoms with Crippen molar-refractivity contribution >= 4 is 41.0 Å². The molecule has 27 heavy (non-hydrogen) atoms. The predicted molar refractivity (Wildman–Crippen MR) is 110 cm³/mol. The smallest absolute Gasteiger partial charge is 0.248 e. The van der Waals surface area contributed by atoms with Crippen molar-refractivity contribution in [3.63, 3.8) is 0 Å². The fourth-order valence-corrected chi connectivity index (χ4v) is 3.16. The Labute approximate surface area is 167 Å². The lowest BCUT2D eigenvalue weighted by Crippen LogP contribution is -2.08. The molecule has 0 aliphatic rings. The number of methoxy groups -OCH3 is 1. The van der Waals surface area contributed by atoms with E-state index in [9.17, 15) is 4.79 Å². The largest absolute Gasteiger partial charge is 0.493 e. The minimum Gasteiger partial charge on any atom is -0.493 e. The molecule has 0 unspecified atom stereocenters. The van der Waals surface area contributed by atoms with Crippen LogP contribution in [0.3, 0.4) is 0 Å². The molecule has 0 spiro atoms. The van der Waals surface area contributed by atoms with Crippen molar-refractivity contribution in [1.82, 2.24) is 0 Å². The van der Waals surface area contributed by atoms with E-state index in [2.05, 4.69) is 5.32 Å². The zero-order valence-corrected chi connectivity index (χ0v) is 16.6. The van der Waals surface area contributed by atoms with E-state index in [-0.39, 0.29) is 12.5 Å². The molecular formula is C20H19ClN2O3S. The molecule has 0 aromatic heterocycles. The van der Waals surface area contributed by atoms with Crippen LogP contribution in [0, 0.1) is 11.3 Å². The summed E-state index contributed by atoms with van der Waals surface area (Å²) in [6.45, 7) is 1.98. The number of nitrogens with one attached hydrogen (secondary N) is 1. The Hall–Kier alpha value is -2.62. The van der Waals surface area contributed by atoms with E-state index in [4.69, 9.17) is 26.3 Å². The monoisotopic (exact) mass is 402 g/mol. The molecule has 0 bridgehead atoms. The summed E-state index contributed by atoms with van der Waals surface area (Å²) in [5.74, 6) is 1.59. The number of hydrogen-bond acceptors (Lipinski definition) is 5. The normalized spacial score (nSPS) is 10.4. The fraction of sp³-hybridized carbons (Fsp3) is 0.200.